The lowest BCUT2D eigenvalue weighted by Gasteiger charge is -2.25. The van der Waals surface area contributed by atoms with Gasteiger partial charge >= 0.3 is 0 Å². The van der Waals surface area contributed by atoms with E-state index in [1.165, 1.54) is 6.07 Å². The van der Waals surface area contributed by atoms with Crippen molar-refractivity contribution < 1.29 is 15.0 Å². The van der Waals surface area contributed by atoms with Crippen LogP contribution in [0.3, 0.4) is 0 Å². The van der Waals surface area contributed by atoms with E-state index in [1.807, 2.05) is 6.92 Å². The van der Waals surface area contributed by atoms with Gasteiger partial charge in [0.2, 0.25) is 0 Å². The van der Waals surface area contributed by atoms with Crippen LogP contribution in [0.2, 0.25) is 0 Å². The minimum Gasteiger partial charge on any atom is -0.507 e. The van der Waals surface area contributed by atoms with Crippen molar-refractivity contribution in [1.82, 2.24) is 4.90 Å². The Kier molecular flexibility index (Phi) is 3.92. The summed E-state index contributed by atoms with van der Waals surface area (Å²) in [6.07, 6.45) is 0.902. The molecule has 1 aromatic carbocycles. The summed E-state index contributed by atoms with van der Waals surface area (Å²) in [5.74, 6) is 0.220. The molecule has 1 amide bonds. The fourth-order valence-electron chi connectivity index (χ4n) is 2.35. The standard InChI is InChI=1S/C13H16BrNO3/c1-8-4-5-15(11(8)7-16)13(18)9-2-3-10(14)12(17)6-9/h2-3,6,8,11,16-17H,4-5,7H2,1H3. The summed E-state index contributed by atoms with van der Waals surface area (Å²) >= 11 is 3.18. The summed E-state index contributed by atoms with van der Waals surface area (Å²) in [6.45, 7) is 2.67. The normalized spacial score (nSPS) is 23.4. The lowest BCUT2D eigenvalue weighted by Crippen LogP contribution is -2.39. The fourth-order valence-corrected chi connectivity index (χ4v) is 2.60. The maximum absolute atomic E-state index is 12.3. The Bertz CT molecular complexity index is 464. The molecular formula is C13H16BrNO3. The topological polar surface area (TPSA) is 60.8 Å². The van der Waals surface area contributed by atoms with Gasteiger partial charge in [0, 0.05) is 12.1 Å². The molecule has 1 aliphatic rings. The number of nitrogens with zero attached hydrogens (tertiary/aromatic N) is 1. The highest BCUT2D eigenvalue weighted by atomic mass is 79.9. The Labute approximate surface area is 114 Å². The molecule has 18 heavy (non-hydrogen) atoms. The van der Waals surface area contributed by atoms with E-state index in [0.717, 1.165) is 6.42 Å². The molecule has 98 valence electrons. The number of likely N-dealkylation sites (tertiary alicyclic amines) is 1. The molecule has 0 aliphatic carbocycles. The van der Waals surface area contributed by atoms with Crippen molar-refractivity contribution in [3.63, 3.8) is 0 Å². The Balaban J connectivity index is 2.23. The van der Waals surface area contributed by atoms with E-state index in [4.69, 9.17) is 0 Å². The van der Waals surface area contributed by atoms with Crippen LogP contribution in [0.4, 0.5) is 0 Å². The summed E-state index contributed by atoms with van der Waals surface area (Å²) in [7, 11) is 0. The van der Waals surface area contributed by atoms with E-state index >= 15 is 0 Å². The highest BCUT2D eigenvalue weighted by molar-refractivity contribution is 9.10. The van der Waals surface area contributed by atoms with Gasteiger partial charge in [-0.3, -0.25) is 4.79 Å². The summed E-state index contributed by atoms with van der Waals surface area (Å²) in [4.78, 5) is 14.0. The van der Waals surface area contributed by atoms with Crippen LogP contribution in [-0.2, 0) is 0 Å². The van der Waals surface area contributed by atoms with Crippen molar-refractivity contribution in [3.8, 4) is 5.75 Å². The summed E-state index contributed by atoms with van der Waals surface area (Å²) < 4.78 is 0.563. The molecule has 4 nitrogen and oxygen atoms in total. The molecule has 1 saturated heterocycles. The van der Waals surface area contributed by atoms with Crippen LogP contribution < -0.4 is 0 Å². The molecule has 2 unspecified atom stereocenters. The van der Waals surface area contributed by atoms with Gasteiger partial charge in [0.15, 0.2) is 0 Å². The summed E-state index contributed by atoms with van der Waals surface area (Å²) in [6, 6.07) is 4.65. The number of aliphatic hydroxyl groups excluding tert-OH is 1. The smallest absolute Gasteiger partial charge is 0.254 e. The van der Waals surface area contributed by atoms with Crippen molar-refractivity contribution in [2.45, 2.75) is 19.4 Å². The zero-order valence-corrected chi connectivity index (χ0v) is 11.7. The first kappa shape index (κ1) is 13.4. The average molecular weight is 314 g/mol. The van der Waals surface area contributed by atoms with Gasteiger partial charge < -0.3 is 15.1 Å². The van der Waals surface area contributed by atoms with Crippen LogP contribution >= 0.6 is 15.9 Å². The van der Waals surface area contributed by atoms with E-state index in [0.29, 0.717) is 22.5 Å². The van der Waals surface area contributed by atoms with Gasteiger partial charge in [-0.2, -0.15) is 0 Å². The Hall–Kier alpha value is -1.07. The average Bonchev–Trinajstić information content (AvgIpc) is 2.73. The number of halogens is 1. The first-order chi connectivity index (χ1) is 8.54. The first-order valence-electron chi connectivity index (χ1n) is 5.95. The number of benzene rings is 1. The maximum atomic E-state index is 12.3. The van der Waals surface area contributed by atoms with Crippen molar-refractivity contribution in [1.29, 1.82) is 0 Å². The highest BCUT2D eigenvalue weighted by Crippen LogP contribution is 2.28. The van der Waals surface area contributed by atoms with E-state index in [1.54, 1.807) is 17.0 Å². The van der Waals surface area contributed by atoms with Gasteiger partial charge in [0.1, 0.15) is 5.75 Å². The number of phenols is 1. The van der Waals surface area contributed by atoms with Gasteiger partial charge in [0.05, 0.1) is 17.1 Å². The number of amides is 1. The van der Waals surface area contributed by atoms with Crippen LogP contribution in [0, 0.1) is 5.92 Å². The number of phenolic OH excluding ortho intramolecular Hbond substituents is 1. The molecule has 0 bridgehead atoms. The quantitative estimate of drug-likeness (QED) is 0.878. The molecule has 2 rings (SSSR count). The van der Waals surface area contributed by atoms with Gasteiger partial charge in [-0.1, -0.05) is 6.92 Å². The van der Waals surface area contributed by atoms with Gasteiger partial charge in [-0.25, -0.2) is 0 Å². The van der Waals surface area contributed by atoms with E-state index in [2.05, 4.69) is 15.9 Å². The minimum absolute atomic E-state index is 0.0184. The van der Waals surface area contributed by atoms with Crippen LogP contribution in [0.25, 0.3) is 0 Å². The monoisotopic (exact) mass is 313 g/mol. The number of hydrogen-bond acceptors (Lipinski definition) is 3. The lowest BCUT2D eigenvalue weighted by atomic mass is 10.0. The number of carbonyl (C=O) groups excluding carboxylic acids is 1. The summed E-state index contributed by atoms with van der Waals surface area (Å²) in [5, 5.41) is 19.0. The second kappa shape index (κ2) is 5.28. The molecule has 2 N–H and O–H groups in total. The Morgan fingerprint density at radius 1 is 1.56 bits per heavy atom. The summed E-state index contributed by atoms with van der Waals surface area (Å²) in [5.41, 5.74) is 0.447. The van der Waals surface area contributed by atoms with Crippen molar-refractivity contribution in [3.05, 3.63) is 28.2 Å². The van der Waals surface area contributed by atoms with Crippen molar-refractivity contribution >= 4 is 21.8 Å². The van der Waals surface area contributed by atoms with Crippen LogP contribution in [0.1, 0.15) is 23.7 Å². The largest absolute Gasteiger partial charge is 0.507 e. The predicted octanol–water partition coefficient (Wildman–Crippen LogP) is 2.00. The molecule has 1 aliphatic heterocycles. The fraction of sp³-hybridized carbons (Fsp3) is 0.462. The minimum atomic E-state index is -0.138. The lowest BCUT2D eigenvalue weighted by molar-refractivity contribution is 0.0648. The number of rotatable bonds is 2. The van der Waals surface area contributed by atoms with Gasteiger partial charge in [-0.15, -0.1) is 0 Å². The number of hydrogen-bond donors (Lipinski definition) is 2. The number of aliphatic hydroxyl groups is 1. The molecule has 0 saturated carbocycles. The zero-order chi connectivity index (χ0) is 13.3. The molecule has 1 aromatic rings. The Morgan fingerprint density at radius 3 is 2.89 bits per heavy atom. The molecule has 1 heterocycles. The van der Waals surface area contributed by atoms with Crippen LogP contribution in [0.5, 0.6) is 5.75 Å². The van der Waals surface area contributed by atoms with Crippen LogP contribution in [0.15, 0.2) is 22.7 Å². The zero-order valence-electron chi connectivity index (χ0n) is 10.1. The second-order valence-corrected chi connectivity index (χ2v) is 5.53. The predicted molar refractivity (Wildman–Crippen MR) is 71.5 cm³/mol. The van der Waals surface area contributed by atoms with Crippen molar-refractivity contribution in [2.24, 2.45) is 5.92 Å². The van der Waals surface area contributed by atoms with Gasteiger partial charge in [-0.05, 0) is 46.5 Å². The third-order valence-electron chi connectivity index (χ3n) is 3.52. The molecule has 5 heteroatoms. The second-order valence-electron chi connectivity index (χ2n) is 4.68. The Morgan fingerprint density at radius 2 is 2.28 bits per heavy atom. The van der Waals surface area contributed by atoms with Gasteiger partial charge in [0.25, 0.3) is 5.91 Å². The third kappa shape index (κ3) is 2.37. The molecular weight excluding hydrogens is 298 g/mol. The van der Waals surface area contributed by atoms with E-state index in [-0.39, 0.29) is 24.3 Å². The molecule has 1 fully saturated rings. The molecule has 0 radical (unpaired) electrons. The van der Waals surface area contributed by atoms with Crippen molar-refractivity contribution in [2.75, 3.05) is 13.2 Å². The van der Waals surface area contributed by atoms with E-state index in [9.17, 15) is 15.0 Å². The molecule has 0 spiro atoms. The third-order valence-corrected chi connectivity index (χ3v) is 4.19. The molecule has 0 aromatic heterocycles. The maximum Gasteiger partial charge on any atom is 0.254 e. The first-order valence-corrected chi connectivity index (χ1v) is 6.74. The van der Waals surface area contributed by atoms with E-state index < -0.39 is 0 Å². The molecule has 2 atom stereocenters. The van der Waals surface area contributed by atoms with Crippen LogP contribution in [-0.4, -0.2) is 40.2 Å². The SMILES string of the molecule is CC1CCN(C(=O)c2ccc(Br)c(O)c2)C1CO. The highest BCUT2D eigenvalue weighted by Gasteiger charge is 2.34. The number of aromatic hydroxyl groups is 1. The number of carbonyl (C=O) groups is 1.